The fraction of sp³-hybridized carbons (Fsp3) is 0.262. The molecule has 48 heavy (non-hydrogen) atoms. The van der Waals surface area contributed by atoms with Crippen molar-refractivity contribution in [1.82, 2.24) is 0 Å². The summed E-state index contributed by atoms with van der Waals surface area (Å²) in [6, 6.07) is 35.2. The van der Waals surface area contributed by atoms with Crippen molar-refractivity contribution >= 4 is 5.97 Å². The van der Waals surface area contributed by atoms with Crippen LogP contribution in [-0.2, 0) is 31.0 Å². The molecule has 0 spiro atoms. The number of esters is 1. The van der Waals surface area contributed by atoms with E-state index < -0.39 is 11.6 Å². The molecule has 1 unspecified atom stereocenters. The Morgan fingerprint density at radius 2 is 1.21 bits per heavy atom. The second kappa shape index (κ2) is 14.7. The number of carbonyl (C=O) groups excluding carboxylic acids is 1. The summed E-state index contributed by atoms with van der Waals surface area (Å²) in [7, 11) is 0. The Morgan fingerprint density at radius 3 is 1.79 bits per heavy atom. The van der Waals surface area contributed by atoms with E-state index in [1.54, 1.807) is 18.2 Å². The predicted octanol–water partition coefficient (Wildman–Crippen LogP) is 9.29. The van der Waals surface area contributed by atoms with Crippen LogP contribution < -0.4 is 18.9 Å². The normalized spacial score (nSPS) is 15.2. The first kappa shape index (κ1) is 32.7. The van der Waals surface area contributed by atoms with E-state index in [2.05, 4.69) is 32.9 Å². The summed E-state index contributed by atoms with van der Waals surface area (Å²) in [5.74, 6) is 2.36. The van der Waals surface area contributed by atoms with Gasteiger partial charge in [-0.2, -0.15) is 0 Å². The topological polar surface area (TPSA) is 63.2 Å². The van der Waals surface area contributed by atoms with Crippen LogP contribution in [0.5, 0.6) is 23.0 Å². The van der Waals surface area contributed by atoms with Crippen LogP contribution in [-0.4, -0.2) is 18.2 Å². The molecule has 1 aliphatic rings. The monoisotopic (exact) mass is 642 g/mol. The number of fused-ring (bicyclic) bond motifs is 1. The molecule has 6 heteroatoms. The van der Waals surface area contributed by atoms with Gasteiger partial charge in [-0.05, 0) is 92.1 Å². The van der Waals surface area contributed by atoms with E-state index in [0.29, 0.717) is 43.3 Å². The van der Waals surface area contributed by atoms with Crippen LogP contribution in [0.4, 0.5) is 0 Å². The van der Waals surface area contributed by atoms with Crippen LogP contribution in [0.1, 0.15) is 62.6 Å². The van der Waals surface area contributed by atoms with Gasteiger partial charge in [0.2, 0.25) is 0 Å². The second-order valence-corrected chi connectivity index (χ2v) is 12.6. The number of carbonyl (C=O) groups is 1. The Morgan fingerprint density at radius 1 is 0.667 bits per heavy atom. The van der Waals surface area contributed by atoms with Crippen LogP contribution in [0.25, 0.3) is 0 Å². The zero-order chi connectivity index (χ0) is 33.5. The summed E-state index contributed by atoms with van der Waals surface area (Å²) in [4.78, 5) is 13.4. The molecule has 0 bridgehead atoms. The van der Waals surface area contributed by atoms with Gasteiger partial charge in [0, 0.05) is 5.56 Å². The lowest BCUT2D eigenvalue weighted by Gasteiger charge is -2.37. The molecule has 0 saturated carbocycles. The molecule has 0 radical (unpaired) electrons. The van der Waals surface area contributed by atoms with Crippen molar-refractivity contribution in [2.45, 2.75) is 66.0 Å². The summed E-state index contributed by atoms with van der Waals surface area (Å²) < 4.78 is 31.2. The van der Waals surface area contributed by atoms with Gasteiger partial charge in [0.05, 0.1) is 5.56 Å². The van der Waals surface area contributed by atoms with E-state index in [-0.39, 0.29) is 6.61 Å². The molecule has 6 rings (SSSR count). The van der Waals surface area contributed by atoms with E-state index >= 15 is 0 Å². The lowest BCUT2D eigenvalue weighted by atomic mass is 9.87. The summed E-state index contributed by atoms with van der Waals surface area (Å²) >= 11 is 0. The summed E-state index contributed by atoms with van der Waals surface area (Å²) in [5, 5.41) is 0. The van der Waals surface area contributed by atoms with Gasteiger partial charge in [0.25, 0.3) is 0 Å². The zero-order valence-electron chi connectivity index (χ0n) is 28.1. The van der Waals surface area contributed by atoms with Crippen molar-refractivity contribution in [1.29, 1.82) is 0 Å². The van der Waals surface area contributed by atoms with Gasteiger partial charge in [-0.1, -0.05) is 91.0 Å². The molecule has 0 amide bonds. The molecule has 0 aliphatic carbocycles. The number of benzene rings is 5. The van der Waals surface area contributed by atoms with Crippen molar-refractivity contribution in [2.75, 3.05) is 6.61 Å². The van der Waals surface area contributed by atoms with Crippen molar-refractivity contribution < 1.29 is 28.5 Å². The average Bonchev–Trinajstić information content (AvgIpc) is 3.12. The predicted molar refractivity (Wildman–Crippen MR) is 187 cm³/mol. The molecule has 246 valence electrons. The summed E-state index contributed by atoms with van der Waals surface area (Å²) in [6.07, 6.45) is 1.50. The van der Waals surface area contributed by atoms with Gasteiger partial charge in [-0.25, -0.2) is 4.79 Å². The minimum Gasteiger partial charge on any atom is -0.488 e. The number of ether oxygens (including phenoxy) is 5. The molecular weight excluding hydrogens is 600 g/mol. The molecule has 5 aromatic carbocycles. The molecule has 6 nitrogen and oxygen atoms in total. The molecule has 1 heterocycles. The van der Waals surface area contributed by atoms with Crippen LogP contribution >= 0.6 is 0 Å². The number of hydrogen-bond donors (Lipinski definition) is 0. The molecular formula is C42H42O6. The first-order valence-corrected chi connectivity index (χ1v) is 16.4. The third-order valence-corrected chi connectivity index (χ3v) is 8.95. The highest BCUT2D eigenvalue weighted by Crippen LogP contribution is 2.44. The summed E-state index contributed by atoms with van der Waals surface area (Å²) in [5.41, 5.74) is 7.23. The van der Waals surface area contributed by atoms with E-state index in [9.17, 15) is 4.79 Å². The van der Waals surface area contributed by atoms with E-state index in [1.165, 1.54) is 0 Å². The van der Waals surface area contributed by atoms with Gasteiger partial charge in [0.1, 0.15) is 43.5 Å². The van der Waals surface area contributed by atoms with Gasteiger partial charge < -0.3 is 23.7 Å². The minimum absolute atomic E-state index is 0.113. The maximum atomic E-state index is 13.4. The molecule has 1 atom stereocenters. The largest absolute Gasteiger partial charge is 0.488 e. The minimum atomic E-state index is -0.677. The molecule has 0 fully saturated rings. The Kier molecular flexibility index (Phi) is 10.0. The zero-order valence-corrected chi connectivity index (χ0v) is 28.1. The van der Waals surface area contributed by atoms with E-state index in [4.69, 9.17) is 23.7 Å². The Hall–Kier alpha value is -5.23. The van der Waals surface area contributed by atoms with Crippen LogP contribution in [0, 0.1) is 20.8 Å². The number of rotatable bonds is 12. The van der Waals surface area contributed by atoms with Gasteiger partial charge in [0.15, 0.2) is 11.5 Å². The maximum absolute atomic E-state index is 13.4. The van der Waals surface area contributed by atoms with Crippen LogP contribution in [0.2, 0.25) is 0 Å². The van der Waals surface area contributed by atoms with Gasteiger partial charge >= 0.3 is 5.97 Å². The highest BCUT2D eigenvalue weighted by atomic mass is 16.6. The van der Waals surface area contributed by atoms with Crippen molar-refractivity contribution in [2.24, 2.45) is 0 Å². The maximum Gasteiger partial charge on any atom is 0.338 e. The lowest BCUT2D eigenvalue weighted by molar-refractivity contribution is -0.0165. The third-order valence-electron chi connectivity index (χ3n) is 8.95. The Labute approximate surface area is 283 Å². The first-order chi connectivity index (χ1) is 23.3. The van der Waals surface area contributed by atoms with Crippen molar-refractivity contribution in [3.8, 4) is 23.0 Å². The van der Waals surface area contributed by atoms with E-state index in [1.807, 2.05) is 85.8 Å². The number of hydrogen-bond acceptors (Lipinski definition) is 6. The van der Waals surface area contributed by atoms with Gasteiger partial charge in [-0.15, -0.1) is 0 Å². The SMILES string of the molecule is Cc1c(C)c2c(c(C)c1OCc1ccccc1)CCC(C)(COC(=O)c1ccc(OCc3ccccc3)c(OCc3ccccc3)c1)O2. The molecule has 0 saturated heterocycles. The molecule has 5 aromatic rings. The first-order valence-electron chi connectivity index (χ1n) is 16.4. The Bertz CT molecular complexity index is 1850. The quantitative estimate of drug-likeness (QED) is 0.126. The van der Waals surface area contributed by atoms with Crippen molar-refractivity contribution in [3.63, 3.8) is 0 Å². The van der Waals surface area contributed by atoms with Crippen LogP contribution in [0.3, 0.4) is 0 Å². The molecule has 1 aliphatic heterocycles. The highest BCUT2D eigenvalue weighted by molar-refractivity contribution is 5.90. The van der Waals surface area contributed by atoms with Crippen molar-refractivity contribution in [3.05, 3.63) is 154 Å². The highest BCUT2D eigenvalue weighted by Gasteiger charge is 2.36. The standard InChI is InChI=1S/C42H42O6/c1-29-30(2)40-36(31(3)39(29)46-27-34-18-12-7-13-19-34)22-23-42(4,48-40)28-47-41(43)35-20-21-37(44-25-32-14-8-5-9-15-32)38(24-35)45-26-33-16-10-6-11-17-33/h5-21,24H,22-23,25-28H2,1-4H3. The van der Waals surface area contributed by atoms with Crippen LogP contribution in [0.15, 0.2) is 109 Å². The molecule has 0 N–H and O–H groups in total. The second-order valence-electron chi connectivity index (χ2n) is 12.6. The average molecular weight is 643 g/mol. The van der Waals surface area contributed by atoms with Gasteiger partial charge in [-0.3, -0.25) is 0 Å². The van der Waals surface area contributed by atoms with E-state index in [0.717, 1.165) is 56.9 Å². The fourth-order valence-electron chi connectivity index (χ4n) is 5.97. The molecule has 0 aromatic heterocycles. The Balaban J connectivity index is 1.14. The lowest BCUT2D eigenvalue weighted by Crippen LogP contribution is -2.42. The summed E-state index contributed by atoms with van der Waals surface area (Å²) in [6.45, 7) is 9.58. The fourth-order valence-corrected chi connectivity index (χ4v) is 5.97. The smallest absolute Gasteiger partial charge is 0.338 e. The third kappa shape index (κ3) is 7.66.